The van der Waals surface area contributed by atoms with Crippen LogP contribution in [0.3, 0.4) is 0 Å². The summed E-state index contributed by atoms with van der Waals surface area (Å²) in [4.78, 5) is 0. The molecule has 64 valence electrons. The monoisotopic (exact) mass is 161 g/mol. The van der Waals surface area contributed by atoms with Crippen LogP contribution in [0.4, 0.5) is 0 Å². The summed E-state index contributed by atoms with van der Waals surface area (Å²) in [7, 11) is 0. The Morgan fingerprint density at radius 2 is 2.42 bits per heavy atom. The van der Waals surface area contributed by atoms with Gasteiger partial charge in [-0.3, -0.25) is 0 Å². The molecule has 3 aliphatic carbocycles. The molecule has 2 unspecified atom stereocenters. The van der Waals surface area contributed by atoms with E-state index in [2.05, 4.69) is 26.0 Å². The van der Waals surface area contributed by atoms with Crippen LogP contribution in [0.25, 0.3) is 0 Å². The van der Waals surface area contributed by atoms with Crippen molar-refractivity contribution in [1.82, 2.24) is 0 Å². The molecule has 0 amide bonds. The summed E-state index contributed by atoms with van der Waals surface area (Å²) in [6, 6.07) is 2.26. The third-order valence-electron chi connectivity index (χ3n) is 3.87. The lowest BCUT2D eigenvalue weighted by atomic mass is 9.48. The van der Waals surface area contributed by atoms with E-state index < -0.39 is 0 Å². The number of hydrogen-bond acceptors (Lipinski definition) is 1. The van der Waals surface area contributed by atoms with E-state index in [1.165, 1.54) is 18.4 Å². The number of hydrogen-bond donors (Lipinski definition) is 0. The van der Waals surface area contributed by atoms with E-state index in [0.29, 0.717) is 11.8 Å². The lowest BCUT2D eigenvalue weighted by Gasteiger charge is -2.56. The molecule has 0 saturated heterocycles. The van der Waals surface area contributed by atoms with Gasteiger partial charge in [0.25, 0.3) is 0 Å². The van der Waals surface area contributed by atoms with E-state index in [0.717, 1.165) is 11.8 Å². The summed E-state index contributed by atoms with van der Waals surface area (Å²) in [5.41, 5.74) is 1.89. The average Bonchev–Trinajstić information content (AvgIpc) is 2.05. The minimum absolute atomic E-state index is 0.487. The Labute approximate surface area is 74.1 Å². The molecular weight excluding hydrogens is 146 g/mol. The van der Waals surface area contributed by atoms with Gasteiger partial charge < -0.3 is 0 Å². The number of rotatable bonds is 1. The van der Waals surface area contributed by atoms with Crippen LogP contribution in [0, 0.1) is 28.6 Å². The van der Waals surface area contributed by atoms with Crippen LogP contribution in [0.5, 0.6) is 0 Å². The second kappa shape index (κ2) is 2.36. The first-order valence-corrected chi connectivity index (χ1v) is 4.72. The van der Waals surface area contributed by atoms with Crippen molar-refractivity contribution in [3.63, 3.8) is 0 Å². The second-order valence-corrected chi connectivity index (χ2v) is 4.66. The molecule has 3 aliphatic rings. The Kier molecular flexibility index (Phi) is 1.54. The van der Waals surface area contributed by atoms with Gasteiger partial charge in [0, 0.05) is 0 Å². The topological polar surface area (TPSA) is 23.8 Å². The van der Waals surface area contributed by atoms with E-state index in [-0.39, 0.29) is 0 Å². The Bertz CT molecular complexity index is 267. The molecule has 2 bridgehead atoms. The molecule has 0 spiro atoms. The molecule has 1 nitrogen and oxygen atoms in total. The Morgan fingerprint density at radius 3 is 2.92 bits per heavy atom. The molecule has 0 heterocycles. The highest BCUT2D eigenvalue weighted by molar-refractivity contribution is 5.25. The predicted octanol–water partition coefficient (Wildman–Crippen LogP) is 2.89. The summed E-state index contributed by atoms with van der Waals surface area (Å²) in [5.74, 6) is 1.61. The van der Waals surface area contributed by atoms with Gasteiger partial charge in [-0.15, -0.1) is 0 Å². The SMILES string of the molecule is CC1(C)C2CC=C(CC#N)C1C2. The van der Waals surface area contributed by atoms with Crippen molar-refractivity contribution in [2.24, 2.45) is 17.3 Å². The van der Waals surface area contributed by atoms with Crippen molar-refractivity contribution in [2.45, 2.75) is 33.1 Å². The van der Waals surface area contributed by atoms with Gasteiger partial charge in [-0.1, -0.05) is 25.5 Å². The van der Waals surface area contributed by atoms with Gasteiger partial charge in [0.05, 0.1) is 12.5 Å². The Hall–Kier alpha value is -0.770. The molecule has 12 heavy (non-hydrogen) atoms. The fourth-order valence-corrected chi connectivity index (χ4v) is 2.77. The van der Waals surface area contributed by atoms with Gasteiger partial charge in [-0.25, -0.2) is 0 Å². The molecule has 0 aromatic rings. The number of fused-ring (bicyclic) bond motifs is 1. The summed E-state index contributed by atoms with van der Waals surface area (Å²) in [6.45, 7) is 4.69. The van der Waals surface area contributed by atoms with E-state index in [9.17, 15) is 0 Å². The van der Waals surface area contributed by atoms with Crippen molar-refractivity contribution < 1.29 is 0 Å². The third kappa shape index (κ3) is 0.843. The van der Waals surface area contributed by atoms with E-state index in [4.69, 9.17) is 5.26 Å². The molecule has 1 fully saturated rings. The highest BCUT2D eigenvalue weighted by Gasteiger charge is 2.50. The molecule has 2 atom stereocenters. The number of allylic oxidation sites excluding steroid dienone is 2. The minimum Gasteiger partial charge on any atom is -0.198 e. The molecular formula is C11H15N. The van der Waals surface area contributed by atoms with Gasteiger partial charge in [0.15, 0.2) is 0 Å². The summed E-state index contributed by atoms with van der Waals surface area (Å²) >= 11 is 0. The quantitative estimate of drug-likeness (QED) is 0.542. The smallest absolute Gasteiger partial charge is 0.0666 e. The molecule has 0 aromatic heterocycles. The van der Waals surface area contributed by atoms with Crippen molar-refractivity contribution in [3.05, 3.63) is 11.6 Å². The van der Waals surface area contributed by atoms with Crippen LogP contribution in [0.15, 0.2) is 11.6 Å². The maximum Gasteiger partial charge on any atom is 0.0666 e. The van der Waals surface area contributed by atoms with Gasteiger partial charge in [-0.2, -0.15) is 5.26 Å². The number of nitrogens with zero attached hydrogens (tertiary/aromatic N) is 1. The molecule has 0 radical (unpaired) electrons. The third-order valence-corrected chi connectivity index (χ3v) is 3.87. The van der Waals surface area contributed by atoms with Crippen LogP contribution in [0.1, 0.15) is 33.1 Å². The van der Waals surface area contributed by atoms with Gasteiger partial charge in [-0.05, 0) is 30.1 Å². The first-order valence-electron chi connectivity index (χ1n) is 4.72. The van der Waals surface area contributed by atoms with Gasteiger partial charge in [0.2, 0.25) is 0 Å². The standard InChI is InChI=1S/C11H15N/c1-11(2)9-4-3-8(5-6-12)10(11)7-9/h3,9-10H,4-5,7H2,1-2H3. The normalized spacial score (nSPS) is 36.2. The zero-order valence-corrected chi connectivity index (χ0v) is 7.80. The summed E-state index contributed by atoms with van der Waals surface area (Å²) in [5, 5.41) is 8.63. The minimum atomic E-state index is 0.487. The number of nitriles is 1. The maximum atomic E-state index is 8.63. The predicted molar refractivity (Wildman–Crippen MR) is 48.3 cm³/mol. The summed E-state index contributed by atoms with van der Waals surface area (Å²) in [6.07, 6.45) is 5.50. The zero-order valence-electron chi connectivity index (χ0n) is 7.80. The van der Waals surface area contributed by atoms with Crippen molar-refractivity contribution in [2.75, 3.05) is 0 Å². The molecule has 3 rings (SSSR count). The van der Waals surface area contributed by atoms with E-state index in [1.807, 2.05) is 0 Å². The van der Waals surface area contributed by atoms with Crippen molar-refractivity contribution >= 4 is 0 Å². The zero-order chi connectivity index (χ0) is 8.77. The molecule has 0 aromatic carbocycles. The van der Waals surface area contributed by atoms with Crippen LogP contribution in [-0.2, 0) is 0 Å². The first-order chi connectivity index (χ1) is 5.66. The average molecular weight is 161 g/mol. The first kappa shape index (κ1) is 7.86. The van der Waals surface area contributed by atoms with E-state index in [1.54, 1.807) is 0 Å². The van der Waals surface area contributed by atoms with Gasteiger partial charge in [0.1, 0.15) is 0 Å². The van der Waals surface area contributed by atoms with Crippen LogP contribution in [-0.4, -0.2) is 0 Å². The molecule has 1 saturated carbocycles. The highest BCUT2D eigenvalue weighted by Crippen LogP contribution is 2.59. The highest BCUT2D eigenvalue weighted by atomic mass is 14.5. The second-order valence-electron chi connectivity index (χ2n) is 4.66. The molecule has 1 heteroatoms. The van der Waals surface area contributed by atoms with Crippen molar-refractivity contribution in [3.8, 4) is 6.07 Å². The van der Waals surface area contributed by atoms with Crippen LogP contribution < -0.4 is 0 Å². The van der Waals surface area contributed by atoms with Crippen LogP contribution in [0.2, 0.25) is 0 Å². The fourth-order valence-electron chi connectivity index (χ4n) is 2.77. The van der Waals surface area contributed by atoms with Crippen LogP contribution >= 0.6 is 0 Å². The van der Waals surface area contributed by atoms with Gasteiger partial charge >= 0.3 is 0 Å². The maximum absolute atomic E-state index is 8.63. The fraction of sp³-hybridized carbons (Fsp3) is 0.727. The Balaban J connectivity index is 2.19. The van der Waals surface area contributed by atoms with E-state index >= 15 is 0 Å². The largest absolute Gasteiger partial charge is 0.198 e. The van der Waals surface area contributed by atoms with Crippen molar-refractivity contribution in [1.29, 1.82) is 5.26 Å². The Morgan fingerprint density at radius 1 is 1.67 bits per heavy atom. The summed E-state index contributed by atoms with van der Waals surface area (Å²) < 4.78 is 0. The lowest BCUT2D eigenvalue weighted by molar-refractivity contribution is -0.00704. The molecule has 0 N–H and O–H groups in total. The molecule has 0 aliphatic heterocycles. The lowest BCUT2D eigenvalue weighted by Crippen LogP contribution is -2.47.